The van der Waals surface area contributed by atoms with E-state index in [0.29, 0.717) is 5.92 Å². The Bertz CT molecular complexity index is 725. The molecule has 0 saturated heterocycles. The summed E-state index contributed by atoms with van der Waals surface area (Å²) in [5.74, 6) is 0.614. The number of hydrogen-bond acceptors (Lipinski definition) is 0. The molecule has 0 spiro atoms. The molecular formula is C22H27I. The van der Waals surface area contributed by atoms with Gasteiger partial charge in [-0.1, -0.05) is 0 Å². The number of rotatable bonds is 3. The van der Waals surface area contributed by atoms with Crippen molar-refractivity contribution in [1.29, 1.82) is 0 Å². The van der Waals surface area contributed by atoms with Gasteiger partial charge in [0.05, 0.1) is 0 Å². The van der Waals surface area contributed by atoms with Crippen molar-refractivity contribution in [3.63, 3.8) is 0 Å². The maximum absolute atomic E-state index is 2.57. The van der Waals surface area contributed by atoms with E-state index in [1.807, 2.05) is 0 Å². The Hall–Kier alpha value is -1.09. The van der Waals surface area contributed by atoms with Crippen LogP contribution in [0.25, 0.3) is 5.57 Å². The van der Waals surface area contributed by atoms with Gasteiger partial charge in [-0.05, 0) is 0 Å². The molecule has 0 aromatic heterocycles. The van der Waals surface area contributed by atoms with Crippen LogP contribution in [0.5, 0.6) is 0 Å². The summed E-state index contributed by atoms with van der Waals surface area (Å²) in [5.41, 5.74) is 7.54. The first kappa shape index (κ1) is 16.8. The predicted octanol–water partition coefficient (Wildman–Crippen LogP) is 6.55. The number of alkyl halides is 2. The van der Waals surface area contributed by atoms with Gasteiger partial charge in [0.2, 0.25) is 0 Å². The fourth-order valence-electron chi connectivity index (χ4n) is 3.75. The zero-order valence-electron chi connectivity index (χ0n) is 14.9. The minimum absolute atomic E-state index is 0.614. The molecule has 0 unspecified atom stereocenters. The number of allylic oxidation sites excluding steroid dienone is 1. The van der Waals surface area contributed by atoms with Gasteiger partial charge in [0, 0.05) is 0 Å². The van der Waals surface area contributed by atoms with Crippen molar-refractivity contribution >= 4 is 25.4 Å². The van der Waals surface area contributed by atoms with Crippen LogP contribution in [-0.2, 0) is 0 Å². The second kappa shape index (κ2) is 6.80. The van der Waals surface area contributed by atoms with E-state index < -0.39 is 19.8 Å². The van der Waals surface area contributed by atoms with Crippen molar-refractivity contribution < 1.29 is 0 Å². The topological polar surface area (TPSA) is 0 Å². The van der Waals surface area contributed by atoms with Gasteiger partial charge in [0.15, 0.2) is 0 Å². The second-order valence-electron chi connectivity index (χ2n) is 6.73. The summed E-state index contributed by atoms with van der Waals surface area (Å²) in [7, 11) is 0. The molecule has 1 heteroatoms. The molecule has 1 atom stereocenters. The quantitative estimate of drug-likeness (QED) is 0.392. The molecule has 3 rings (SSSR count). The Balaban J connectivity index is 2.36. The van der Waals surface area contributed by atoms with E-state index in [4.69, 9.17) is 0 Å². The van der Waals surface area contributed by atoms with Gasteiger partial charge >= 0.3 is 149 Å². The van der Waals surface area contributed by atoms with Crippen LogP contribution < -0.4 is 0 Å². The predicted molar refractivity (Wildman–Crippen MR) is 111 cm³/mol. The van der Waals surface area contributed by atoms with Crippen molar-refractivity contribution in [1.82, 2.24) is 0 Å². The molecule has 0 saturated carbocycles. The first-order chi connectivity index (χ1) is 11.0. The van der Waals surface area contributed by atoms with Crippen LogP contribution in [0.2, 0.25) is 0 Å². The number of halogens is 1. The molecule has 0 aliphatic carbocycles. The molecule has 0 bridgehead atoms. The average Bonchev–Trinajstić information content (AvgIpc) is 2.55. The van der Waals surface area contributed by atoms with E-state index in [1.165, 1.54) is 28.7 Å². The van der Waals surface area contributed by atoms with Crippen molar-refractivity contribution in [3.05, 3.63) is 74.4 Å². The summed E-state index contributed by atoms with van der Waals surface area (Å²) in [6.45, 7) is 9.36. The Kier molecular flexibility index (Phi) is 4.96. The van der Waals surface area contributed by atoms with Crippen LogP contribution >= 0.6 is 19.8 Å². The third-order valence-corrected chi connectivity index (χ3v) is 11.4. The first-order valence-electron chi connectivity index (χ1n) is 8.53. The molecule has 122 valence electrons. The summed E-state index contributed by atoms with van der Waals surface area (Å²) in [6, 6.07) is 18.2. The number of fused-ring (bicyclic) bond motifs is 1. The molecule has 0 amide bonds. The van der Waals surface area contributed by atoms with Gasteiger partial charge in [0.25, 0.3) is 0 Å². The number of aryl methyl sites for hydroxylation is 1. The standard InChI is InChI=1S/C22H27I/c1-6-19-21(15(2)3)22(17-10-8-7-9-11-17)18-14-16(4)12-13-20(18)23(19)5/h7-15,19H,6H2,1-5H3/t19-/m1/s1. The van der Waals surface area contributed by atoms with Crippen LogP contribution in [0.1, 0.15) is 43.9 Å². The first-order valence-corrected chi connectivity index (χ1v) is 13.0. The second-order valence-corrected chi connectivity index (χ2v) is 12.3. The molecule has 2 aromatic rings. The Morgan fingerprint density at radius 1 is 1.04 bits per heavy atom. The summed E-state index contributed by atoms with van der Waals surface area (Å²) in [6.07, 6.45) is 1.28. The van der Waals surface area contributed by atoms with E-state index in [2.05, 4.69) is 81.2 Å². The average molecular weight is 418 g/mol. The normalized spacial score (nSPS) is 19.2. The van der Waals surface area contributed by atoms with Crippen LogP contribution in [0.15, 0.2) is 54.1 Å². The van der Waals surface area contributed by atoms with Crippen LogP contribution in [-0.4, -0.2) is 8.86 Å². The fraction of sp³-hybridized carbons (Fsp3) is 0.364. The molecule has 0 N–H and O–H groups in total. The molecule has 1 aliphatic heterocycles. The SMILES string of the molecule is CC[C@@H]1C(C(C)C)=C(c2ccccc2)c2cc(C)ccc2I1C. The Morgan fingerprint density at radius 2 is 1.74 bits per heavy atom. The van der Waals surface area contributed by atoms with Crippen molar-refractivity contribution in [2.75, 3.05) is 4.93 Å². The van der Waals surface area contributed by atoms with Crippen molar-refractivity contribution in [3.8, 4) is 0 Å². The van der Waals surface area contributed by atoms with E-state index in [9.17, 15) is 0 Å². The van der Waals surface area contributed by atoms with Crippen LogP contribution in [0.4, 0.5) is 0 Å². The molecule has 0 nitrogen and oxygen atoms in total. The monoisotopic (exact) mass is 418 g/mol. The molecule has 2 aromatic carbocycles. The molecule has 0 fully saturated rings. The maximum atomic E-state index is 2.57. The van der Waals surface area contributed by atoms with E-state index in [0.717, 1.165) is 3.92 Å². The molecule has 1 aliphatic rings. The number of benzene rings is 2. The van der Waals surface area contributed by atoms with Gasteiger partial charge < -0.3 is 0 Å². The molecule has 0 radical (unpaired) electrons. The third-order valence-electron chi connectivity index (χ3n) is 4.78. The van der Waals surface area contributed by atoms with Crippen molar-refractivity contribution in [2.45, 2.75) is 38.0 Å². The van der Waals surface area contributed by atoms with E-state index in [1.54, 1.807) is 9.14 Å². The van der Waals surface area contributed by atoms with E-state index in [-0.39, 0.29) is 0 Å². The zero-order valence-corrected chi connectivity index (χ0v) is 17.0. The molecule has 1 heterocycles. The summed E-state index contributed by atoms with van der Waals surface area (Å²) in [4.78, 5) is 2.57. The minimum atomic E-state index is -1.16. The van der Waals surface area contributed by atoms with Crippen LogP contribution in [0, 0.1) is 16.4 Å². The molecule has 23 heavy (non-hydrogen) atoms. The van der Waals surface area contributed by atoms with Gasteiger partial charge in [-0.2, -0.15) is 0 Å². The summed E-state index contributed by atoms with van der Waals surface area (Å²) < 4.78 is 2.47. The van der Waals surface area contributed by atoms with Gasteiger partial charge in [-0.15, -0.1) is 0 Å². The summed E-state index contributed by atoms with van der Waals surface area (Å²) >= 11 is -1.16. The molecular weight excluding hydrogens is 391 g/mol. The van der Waals surface area contributed by atoms with Gasteiger partial charge in [0.1, 0.15) is 0 Å². The third kappa shape index (κ3) is 3.00. The van der Waals surface area contributed by atoms with Gasteiger partial charge in [-0.25, -0.2) is 0 Å². The van der Waals surface area contributed by atoms with Crippen LogP contribution in [0.3, 0.4) is 0 Å². The number of hydrogen-bond donors (Lipinski definition) is 0. The van der Waals surface area contributed by atoms with E-state index >= 15 is 0 Å². The Morgan fingerprint density at radius 3 is 2.35 bits per heavy atom. The van der Waals surface area contributed by atoms with Gasteiger partial charge in [-0.3, -0.25) is 0 Å². The van der Waals surface area contributed by atoms with Crippen molar-refractivity contribution in [2.24, 2.45) is 5.92 Å². The fourth-order valence-corrected chi connectivity index (χ4v) is 10.0. The zero-order chi connectivity index (χ0) is 16.6. The summed E-state index contributed by atoms with van der Waals surface area (Å²) in [5, 5.41) is 0. The Labute approximate surface area is 148 Å².